The third kappa shape index (κ3) is 3.72. The predicted molar refractivity (Wildman–Crippen MR) is 69.1 cm³/mol. The van der Waals surface area contributed by atoms with Crippen molar-refractivity contribution in [2.24, 2.45) is 0 Å². The second-order valence-corrected chi connectivity index (χ2v) is 4.90. The van der Waals surface area contributed by atoms with Crippen LogP contribution in [-0.4, -0.2) is 18.6 Å². The molecule has 1 N–H and O–H groups in total. The van der Waals surface area contributed by atoms with Gasteiger partial charge < -0.3 is 10.1 Å². The Morgan fingerprint density at radius 1 is 1.47 bits per heavy atom. The number of methoxy groups -OCH3 is 1. The molecule has 0 aliphatic carbocycles. The number of ether oxygens (including phenoxy) is 1. The molecule has 1 rings (SSSR count). The van der Waals surface area contributed by atoms with Gasteiger partial charge in [0.15, 0.2) is 0 Å². The van der Waals surface area contributed by atoms with Crippen LogP contribution in [0, 0.1) is 0 Å². The fourth-order valence-electron chi connectivity index (χ4n) is 1.32. The molecule has 1 aromatic rings. The molecule has 0 aliphatic heterocycles. The number of hydrogen-bond donors (Lipinski definition) is 1. The van der Waals surface area contributed by atoms with Gasteiger partial charge in [0, 0.05) is 12.1 Å². The largest absolute Gasteiger partial charge is 0.369 e. The monoisotopic (exact) mass is 255 g/mol. The molecule has 0 aliphatic rings. The van der Waals surface area contributed by atoms with Gasteiger partial charge in [0.25, 0.3) is 5.91 Å². The van der Waals surface area contributed by atoms with Gasteiger partial charge in [-0.2, -0.15) is 0 Å². The summed E-state index contributed by atoms with van der Waals surface area (Å²) in [5, 5.41) is 3.55. The van der Waals surface area contributed by atoms with Gasteiger partial charge in [-0.15, -0.1) is 0 Å². The van der Waals surface area contributed by atoms with E-state index in [1.165, 1.54) is 7.11 Å². The second kappa shape index (κ2) is 5.52. The Bertz CT molecular complexity index is 404. The van der Waals surface area contributed by atoms with Crippen molar-refractivity contribution in [1.82, 2.24) is 5.32 Å². The van der Waals surface area contributed by atoms with Crippen LogP contribution in [0.1, 0.15) is 32.4 Å². The van der Waals surface area contributed by atoms with Gasteiger partial charge in [0.2, 0.25) is 0 Å². The van der Waals surface area contributed by atoms with Gasteiger partial charge in [-0.25, -0.2) is 0 Å². The van der Waals surface area contributed by atoms with Crippen molar-refractivity contribution in [2.75, 3.05) is 7.11 Å². The zero-order valence-corrected chi connectivity index (χ0v) is 11.3. The summed E-state index contributed by atoms with van der Waals surface area (Å²) in [6, 6.07) is 7.33. The Hall–Kier alpha value is -1.06. The summed E-state index contributed by atoms with van der Waals surface area (Å²) in [6.45, 7) is 5.37. The summed E-state index contributed by atoms with van der Waals surface area (Å²) < 4.78 is 5.12. The van der Waals surface area contributed by atoms with Crippen LogP contribution in [0.5, 0.6) is 0 Å². The average molecular weight is 256 g/mol. The minimum Gasteiger partial charge on any atom is -0.369 e. The van der Waals surface area contributed by atoms with Gasteiger partial charge in [0.1, 0.15) is 5.60 Å². The number of carbonyl (C=O) groups is 1. The van der Waals surface area contributed by atoms with E-state index in [0.29, 0.717) is 5.02 Å². The molecule has 4 heteroatoms. The van der Waals surface area contributed by atoms with Crippen molar-refractivity contribution >= 4 is 17.5 Å². The third-order valence-corrected chi connectivity index (χ3v) is 2.99. The standard InChI is InChI=1S/C13H18ClNO2/c1-9(10-6-5-7-11(14)8-10)15-12(16)13(2,3)17-4/h5-9H,1-4H3,(H,15,16)/t9-/m0/s1. The van der Waals surface area contributed by atoms with Gasteiger partial charge in [0.05, 0.1) is 6.04 Å². The average Bonchev–Trinajstić information content (AvgIpc) is 2.28. The van der Waals surface area contributed by atoms with Crippen LogP contribution in [0.15, 0.2) is 24.3 Å². The number of halogens is 1. The second-order valence-electron chi connectivity index (χ2n) is 4.46. The molecule has 0 radical (unpaired) electrons. The summed E-state index contributed by atoms with van der Waals surface area (Å²) in [6.07, 6.45) is 0. The lowest BCUT2D eigenvalue weighted by atomic mass is 10.1. The molecular formula is C13H18ClNO2. The molecule has 0 heterocycles. The van der Waals surface area contributed by atoms with Crippen LogP contribution in [-0.2, 0) is 9.53 Å². The van der Waals surface area contributed by atoms with E-state index in [4.69, 9.17) is 16.3 Å². The van der Waals surface area contributed by atoms with E-state index >= 15 is 0 Å². The van der Waals surface area contributed by atoms with Crippen molar-refractivity contribution in [2.45, 2.75) is 32.4 Å². The van der Waals surface area contributed by atoms with E-state index in [1.807, 2.05) is 25.1 Å². The van der Waals surface area contributed by atoms with Crippen molar-refractivity contribution in [3.8, 4) is 0 Å². The van der Waals surface area contributed by atoms with Crippen LogP contribution in [0.2, 0.25) is 5.02 Å². The normalized spacial score (nSPS) is 13.2. The highest BCUT2D eigenvalue weighted by molar-refractivity contribution is 6.30. The lowest BCUT2D eigenvalue weighted by molar-refractivity contribution is -0.140. The zero-order valence-electron chi connectivity index (χ0n) is 10.6. The minimum atomic E-state index is -0.827. The fourth-order valence-corrected chi connectivity index (χ4v) is 1.52. The Kier molecular flexibility index (Phi) is 4.54. The van der Waals surface area contributed by atoms with E-state index in [2.05, 4.69) is 5.32 Å². The molecule has 0 bridgehead atoms. The minimum absolute atomic E-state index is 0.101. The maximum Gasteiger partial charge on any atom is 0.252 e. The molecule has 1 aromatic carbocycles. The lowest BCUT2D eigenvalue weighted by Crippen LogP contribution is -2.44. The van der Waals surface area contributed by atoms with Crippen LogP contribution < -0.4 is 5.32 Å². The highest BCUT2D eigenvalue weighted by Gasteiger charge is 2.28. The highest BCUT2D eigenvalue weighted by Crippen LogP contribution is 2.18. The predicted octanol–water partition coefficient (Wildman–Crippen LogP) is 2.94. The summed E-state index contributed by atoms with van der Waals surface area (Å²) >= 11 is 5.91. The molecule has 0 spiro atoms. The van der Waals surface area contributed by atoms with Crippen LogP contribution in [0.3, 0.4) is 0 Å². The third-order valence-electron chi connectivity index (χ3n) is 2.75. The Balaban J connectivity index is 2.73. The molecule has 0 aromatic heterocycles. The quantitative estimate of drug-likeness (QED) is 0.898. The number of carbonyl (C=O) groups excluding carboxylic acids is 1. The van der Waals surface area contributed by atoms with E-state index in [9.17, 15) is 4.79 Å². The first-order chi connectivity index (χ1) is 7.86. The summed E-state index contributed by atoms with van der Waals surface area (Å²) in [4.78, 5) is 11.9. The lowest BCUT2D eigenvalue weighted by Gasteiger charge is -2.24. The van der Waals surface area contributed by atoms with Crippen molar-refractivity contribution in [3.05, 3.63) is 34.9 Å². The highest BCUT2D eigenvalue weighted by atomic mass is 35.5. The number of nitrogens with one attached hydrogen (secondary N) is 1. The maximum absolute atomic E-state index is 11.9. The molecule has 0 saturated carbocycles. The number of benzene rings is 1. The van der Waals surface area contributed by atoms with E-state index in [1.54, 1.807) is 19.9 Å². The van der Waals surface area contributed by atoms with E-state index < -0.39 is 5.60 Å². The summed E-state index contributed by atoms with van der Waals surface area (Å²) in [5.74, 6) is -0.146. The van der Waals surface area contributed by atoms with Crippen molar-refractivity contribution in [1.29, 1.82) is 0 Å². The van der Waals surface area contributed by atoms with Gasteiger partial charge in [-0.1, -0.05) is 23.7 Å². The molecule has 1 atom stereocenters. The van der Waals surface area contributed by atoms with Crippen molar-refractivity contribution in [3.63, 3.8) is 0 Å². The van der Waals surface area contributed by atoms with E-state index in [-0.39, 0.29) is 11.9 Å². The first kappa shape index (κ1) is 14.0. The Labute approximate surface area is 107 Å². The first-order valence-electron chi connectivity index (χ1n) is 5.48. The van der Waals surface area contributed by atoms with Crippen molar-refractivity contribution < 1.29 is 9.53 Å². The molecule has 0 fully saturated rings. The van der Waals surface area contributed by atoms with E-state index in [0.717, 1.165) is 5.56 Å². The number of amides is 1. The molecule has 0 unspecified atom stereocenters. The van der Waals surface area contributed by atoms with Gasteiger partial charge >= 0.3 is 0 Å². The van der Waals surface area contributed by atoms with Crippen LogP contribution in [0.4, 0.5) is 0 Å². The first-order valence-corrected chi connectivity index (χ1v) is 5.86. The summed E-state index contributed by atoms with van der Waals surface area (Å²) in [5.41, 5.74) is 0.144. The van der Waals surface area contributed by atoms with Gasteiger partial charge in [-0.3, -0.25) is 4.79 Å². The number of hydrogen-bond acceptors (Lipinski definition) is 2. The molecular weight excluding hydrogens is 238 g/mol. The molecule has 1 amide bonds. The molecule has 94 valence electrons. The molecule has 17 heavy (non-hydrogen) atoms. The smallest absolute Gasteiger partial charge is 0.252 e. The summed E-state index contributed by atoms with van der Waals surface area (Å²) in [7, 11) is 1.52. The van der Waals surface area contributed by atoms with Crippen LogP contribution in [0.25, 0.3) is 0 Å². The fraction of sp³-hybridized carbons (Fsp3) is 0.462. The molecule has 3 nitrogen and oxygen atoms in total. The van der Waals surface area contributed by atoms with Gasteiger partial charge in [-0.05, 0) is 38.5 Å². The molecule has 0 saturated heterocycles. The Morgan fingerprint density at radius 2 is 2.12 bits per heavy atom. The number of rotatable bonds is 4. The van der Waals surface area contributed by atoms with Crippen LogP contribution >= 0.6 is 11.6 Å². The zero-order chi connectivity index (χ0) is 13.1. The maximum atomic E-state index is 11.9. The SMILES string of the molecule is COC(C)(C)C(=O)N[C@@H](C)c1cccc(Cl)c1. The Morgan fingerprint density at radius 3 is 2.65 bits per heavy atom. The topological polar surface area (TPSA) is 38.3 Å².